The van der Waals surface area contributed by atoms with Gasteiger partial charge in [0.2, 0.25) is 11.8 Å². The van der Waals surface area contributed by atoms with Crippen LogP contribution in [0, 0.1) is 17.8 Å². The Morgan fingerprint density at radius 2 is 1.85 bits per heavy atom. The maximum absolute atomic E-state index is 13.6. The Morgan fingerprint density at radius 1 is 1.05 bits per heavy atom. The fourth-order valence-electron chi connectivity index (χ4n) is 6.85. The lowest BCUT2D eigenvalue weighted by Gasteiger charge is -2.43. The molecule has 8 heteroatoms. The van der Waals surface area contributed by atoms with Gasteiger partial charge in [0.1, 0.15) is 18.1 Å². The van der Waals surface area contributed by atoms with Crippen LogP contribution in [0.1, 0.15) is 57.9 Å². The van der Waals surface area contributed by atoms with Gasteiger partial charge in [0.15, 0.2) is 0 Å². The first-order valence-corrected chi connectivity index (χ1v) is 15.0. The Balaban J connectivity index is 1.46. The number of phenolic OH excluding ortho intramolecular Hbond substituents is 1. The normalized spacial score (nSPS) is 24.5. The number of allylic oxidation sites excluding steroid dienone is 1. The number of rotatable bonds is 11. The first-order chi connectivity index (χ1) is 19.9. The molecule has 0 unspecified atom stereocenters. The molecule has 2 N–H and O–H groups in total. The highest BCUT2D eigenvalue weighted by Gasteiger charge is 2.57. The predicted octanol–water partition coefficient (Wildman–Crippen LogP) is 5.64. The molecule has 2 heterocycles. The molecule has 41 heavy (non-hydrogen) atoms. The monoisotopic (exact) mass is 557 g/mol. The van der Waals surface area contributed by atoms with E-state index in [0.717, 1.165) is 41.7 Å². The molecule has 2 saturated heterocycles. The highest BCUT2D eigenvalue weighted by atomic mass is 16.5. The van der Waals surface area contributed by atoms with Gasteiger partial charge >= 0.3 is 7.12 Å². The van der Waals surface area contributed by atoms with Crippen molar-refractivity contribution in [2.75, 3.05) is 13.2 Å². The van der Waals surface area contributed by atoms with E-state index in [1.54, 1.807) is 12.1 Å². The van der Waals surface area contributed by atoms with E-state index in [2.05, 4.69) is 13.0 Å². The molecule has 4 atom stereocenters. The van der Waals surface area contributed by atoms with Crippen LogP contribution in [0.3, 0.4) is 0 Å². The number of phenols is 1. The minimum absolute atomic E-state index is 0.102. The Morgan fingerprint density at radius 3 is 2.59 bits per heavy atom. The van der Waals surface area contributed by atoms with E-state index in [0.29, 0.717) is 38.7 Å². The number of fused-ring (bicyclic) bond motifs is 3. The second-order valence-corrected chi connectivity index (χ2v) is 11.4. The number of carbonyl (C=O) groups is 2. The van der Waals surface area contributed by atoms with Crippen molar-refractivity contribution in [3.8, 4) is 11.5 Å². The van der Waals surface area contributed by atoms with Crippen LogP contribution in [-0.4, -0.2) is 53.2 Å². The third-order valence-corrected chi connectivity index (χ3v) is 8.54. The van der Waals surface area contributed by atoms with E-state index in [1.165, 1.54) is 10.5 Å². The van der Waals surface area contributed by atoms with Crippen LogP contribution >= 0.6 is 0 Å². The van der Waals surface area contributed by atoms with Crippen molar-refractivity contribution >= 4 is 25.0 Å². The Hall–Kier alpha value is -3.36. The van der Waals surface area contributed by atoms with Gasteiger partial charge in [-0.3, -0.25) is 14.5 Å². The summed E-state index contributed by atoms with van der Waals surface area (Å²) < 4.78 is 12.4. The van der Waals surface area contributed by atoms with Crippen LogP contribution in [0.15, 0.2) is 71.3 Å². The molecule has 2 fully saturated rings. The molecule has 0 saturated carbocycles. The van der Waals surface area contributed by atoms with E-state index in [1.807, 2.05) is 49.4 Å². The van der Waals surface area contributed by atoms with Gasteiger partial charge in [-0.1, -0.05) is 62.2 Å². The van der Waals surface area contributed by atoms with Crippen LogP contribution in [0.4, 0.5) is 0 Å². The summed E-state index contributed by atoms with van der Waals surface area (Å²) in [6.07, 6.45) is 6.47. The Bertz CT molecular complexity index is 1310. The molecule has 5 rings (SSSR count). The minimum atomic E-state index is -1.00. The quantitative estimate of drug-likeness (QED) is 0.211. The second kappa shape index (κ2) is 13.1. The van der Waals surface area contributed by atoms with Gasteiger partial charge in [0, 0.05) is 6.54 Å². The highest BCUT2D eigenvalue weighted by Crippen LogP contribution is 2.50. The van der Waals surface area contributed by atoms with Gasteiger partial charge in [-0.05, 0) is 85.3 Å². The first-order valence-electron chi connectivity index (χ1n) is 15.0. The molecule has 2 aromatic rings. The number of carbonyl (C=O) groups excluding carboxylic acids is 2. The van der Waals surface area contributed by atoms with Crippen molar-refractivity contribution in [3.63, 3.8) is 0 Å². The van der Waals surface area contributed by atoms with Gasteiger partial charge in [0.05, 0.1) is 17.9 Å². The van der Waals surface area contributed by atoms with Crippen molar-refractivity contribution in [1.82, 2.24) is 4.90 Å². The molecule has 1 aliphatic carbocycles. The van der Waals surface area contributed by atoms with Crippen LogP contribution in [0.25, 0.3) is 6.08 Å². The van der Waals surface area contributed by atoms with Gasteiger partial charge < -0.3 is 19.5 Å². The lowest BCUT2D eigenvalue weighted by molar-refractivity contribution is -0.140. The summed E-state index contributed by atoms with van der Waals surface area (Å²) in [7, 11) is -1.00. The summed E-state index contributed by atoms with van der Waals surface area (Å²) in [6, 6.07) is 16.8. The molecule has 2 amide bonds. The van der Waals surface area contributed by atoms with Crippen LogP contribution < -0.4 is 4.74 Å². The van der Waals surface area contributed by atoms with E-state index in [4.69, 9.17) is 9.39 Å². The largest absolute Gasteiger partial charge is 0.508 e. The van der Waals surface area contributed by atoms with Crippen molar-refractivity contribution in [3.05, 3.63) is 76.9 Å². The summed E-state index contributed by atoms with van der Waals surface area (Å²) >= 11 is 0. The highest BCUT2D eigenvalue weighted by molar-refractivity contribution is 6.43. The third kappa shape index (κ3) is 6.44. The molecule has 0 radical (unpaired) electrons. The number of para-hydroxylation sites is 1. The molecular formula is C33H40BNO6. The summed E-state index contributed by atoms with van der Waals surface area (Å²) in [5, 5.41) is 20.8. The lowest BCUT2D eigenvalue weighted by atomic mass is 9.58. The zero-order chi connectivity index (χ0) is 28.9. The standard InChI is InChI=1S/C33H40BNO6/c1-3-9-22(17-23-10-8-11-25(36)18-23)14-15-29-30-24(21-40-26-12-6-5-7-13-26)19-27-31(28(30)20-34(39)41-29)33(38)35(16-4-2)32(27)37/h5-8,10-13,17-18,27-29,31,36,39H,3-4,9,14-16,19-21H2,1-2H3/b22-17+/t27-,28+,29-,31-/m1/s1. The van der Waals surface area contributed by atoms with Gasteiger partial charge in [-0.15, -0.1) is 0 Å². The number of hydrogen-bond donors (Lipinski definition) is 2. The van der Waals surface area contributed by atoms with E-state index < -0.39 is 19.0 Å². The SMILES string of the molecule is CCC/C(=C\c1cccc(O)c1)CC[C@H]1OB(O)C[C@H]2C1=C(COc1ccccc1)C[C@H]1C(=O)N(CCC)C(=O)[C@H]12. The number of benzene rings is 2. The Labute approximate surface area is 243 Å². The number of ether oxygens (including phenoxy) is 1. The first kappa shape index (κ1) is 29.1. The fourth-order valence-corrected chi connectivity index (χ4v) is 6.85. The maximum Gasteiger partial charge on any atom is 0.455 e. The van der Waals surface area contributed by atoms with Crippen molar-refractivity contribution in [1.29, 1.82) is 0 Å². The zero-order valence-electron chi connectivity index (χ0n) is 24.0. The van der Waals surface area contributed by atoms with Crippen molar-refractivity contribution < 1.29 is 29.1 Å². The molecule has 216 valence electrons. The number of amides is 2. The van der Waals surface area contributed by atoms with E-state index in [-0.39, 0.29) is 29.6 Å². The van der Waals surface area contributed by atoms with Crippen LogP contribution in [-0.2, 0) is 14.2 Å². The summed E-state index contributed by atoms with van der Waals surface area (Å²) in [5.74, 6) is -0.402. The fraction of sp³-hybridized carbons (Fsp3) is 0.455. The van der Waals surface area contributed by atoms with E-state index in [9.17, 15) is 19.7 Å². The molecular weight excluding hydrogens is 517 g/mol. The van der Waals surface area contributed by atoms with Crippen molar-refractivity contribution in [2.24, 2.45) is 17.8 Å². The average molecular weight is 557 g/mol. The van der Waals surface area contributed by atoms with Crippen LogP contribution in [0.5, 0.6) is 11.5 Å². The zero-order valence-corrected chi connectivity index (χ0v) is 24.0. The van der Waals surface area contributed by atoms with Gasteiger partial charge in [-0.2, -0.15) is 0 Å². The minimum Gasteiger partial charge on any atom is -0.508 e. The topological polar surface area (TPSA) is 96.3 Å². The summed E-state index contributed by atoms with van der Waals surface area (Å²) in [6.45, 7) is 4.84. The number of nitrogens with zero attached hydrogens (tertiary/aromatic N) is 1. The van der Waals surface area contributed by atoms with Gasteiger partial charge in [-0.25, -0.2) is 0 Å². The molecule has 3 aliphatic rings. The average Bonchev–Trinajstić information content (AvgIpc) is 3.20. The molecule has 7 nitrogen and oxygen atoms in total. The maximum atomic E-state index is 13.6. The number of likely N-dealkylation sites (tertiary alicyclic amines) is 1. The van der Waals surface area contributed by atoms with Crippen molar-refractivity contribution in [2.45, 2.75) is 64.8 Å². The van der Waals surface area contributed by atoms with Gasteiger partial charge in [0.25, 0.3) is 0 Å². The third-order valence-electron chi connectivity index (χ3n) is 8.54. The molecule has 0 bridgehead atoms. The van der Waals surface area contributed by atoms with E-state index >= 15 is 0 Å². The predicted molar refractivity (Wildman–Crippen MR) is 159 cm³/mol. The lowest BCUT2D eigenvalue weighted by Crippen LogP contribution is -2.46. The molecule has 2 aromatic carbocycles. The smallest absolute Gasteiger partial charge is 0.455 e. The molecule has 2 aliphatic heterocycles. The van der Waals surface area contributed by atoms with Crippen LogP contribution in [0.2, 0.25) is 6.32 Å². The summed E-state index contributed by atoms with van der Waals surface area (Å²) in [4.78, 5) is 28.4. The number of imide groups is 1. The molecule has 0 spiro atoms. The Kier molecular flexibility index (Phi) is 9.30. The number of hydrogen-bond acceptors (Lipinski definition) is 6. The summed E-state index contributed by atoms with van der Waals surface area (Å²) in [5.41, 5.74) is 4.21. The molecule has 0 aromatic heterocycles. The number of aromatic hydroxyl groups is 1. The second-order valence-electron chi connectivity index (χ2n) is 11.4.